The fourth-order valence-corrected chi connectivity index (χ4v) is 1.07. The highest BCUT2D eigenvalue weighted by Gasteiger charge is 2.27. The van der Waals surface area contributed by atoms with Crippen LogP contribution in [0.25, 0.3) is 0 Å². The average molecular weight is 266 g/mol. The number of aromatic nitrogens is 2. The van der Waals surface area contributed by atoms with Gasteiger partial charge in [0.15, 0.2) is 0 Å². The first kappa shape index (κ1) is 14.2. The van der Waals surface area contributed by atoms with Gasteiger partial charge in [-0.3, -0.25) is 4.79 Å². The zero-order chi connectivity index (χ0) is 13.8. The fourth-order valence-electron chi connectivity index (χ4n) is 1.07. The van der Waals surface area contributed by atoms with E-state index in [1.54, 1.807) is 0 Å². The lowest BCUT2D eigenvalue weighted by Crippen LogP contribution is -2.22. The molecule has 0 bridgehead atoms. The predicted octanol–water partition coefficient (Wildman–Crippen LogP) is 0.590. The van der Waals surface area contributed by atoms with Gasteiger partial charge in [0.25, 0.3) is 5.56 Å². The molecule has 0 aliphatic rings. The maximum atomic E-state index is 11.7. The van der Waals surface area contributed by atoms with E-state index in [1.165, 1.54) is 0 Å². The zero-order valence-corrected chi connectivity index (χ0v) is 8.95. The van der Waals surface area contributed by atoms with E-state index in [0.717, 1.165) is 6.20 Å². The molecule has 0 unspecified atom stereocenters. The van der Waals surface area contributed by atoms with Crippen LogP contribution in [-0.2, 0) is 11.2 Å². The number of rotatable bonds is 5. The summed E-state index contributed by atoms with van der Waals surface area (Å²) in [5, 5.41) is 8.55. The molecule has 1 rings (SSSR count). The van der Waals surface area contributed by atoms with E-state index in [4.69, 9.17) is 5.11 Å². The first-order chi connectivity index (χ1) is 8.29. The van der Waals surface area contributed by atoms with Gasteiger partial charge in [0.2, 0.25) is 0 Å². The van der Waals surface area contributed by atoms with E-state index in [0.29, 0.717) is 0 Å². The third-order valence-corrected chi connectivity index (χ3v) is 1.83. The van der Waals surface area contributed by atoms with Crippen LogP contribution in [0, 0.1) is 0 Å². The second-order valence-electron chi connectivity index (χ2n) is 3.30. The van der Waals surface area contributed by atoms with Crippen molar-refractivity contribution in [2.45, 2.75) is 12.6 Å². The molecule has 1 aromatic heterocycles. The summed E-state index contributed by atoms with van der Waals surface area (Å²) in [5.74, 6) is -1.37. The van der Waals surface area contributed by atoms with Crippen LogP contribution in [0.3, 0.4) is 0 Å². The van der Waals surface area contributed by atoms with Crippen LogP contribution in [0.4, 0.5) is 13.2 Å². The molecular weight excluding hydrogens is 257 g/mol. The smallest absolute Gasteiger partial charge is 0.411 e. The molecule has 0 amide bonds. The molecule has 0 aliphatic carbocycles. The molecule has 0 fully saturated rings. The summed E-state index contributed by atoms with van der Waals surface area (Å²) in [6, 6.07) is 0. The topological polar surface area (TPSA) is 92.3 Å². The Kier molecular flexibility index (Phi) is 4.43. The van der Waals surface area contributed by atoms with Crippen molar-refractivity contribution in [1.29, 1.82) is 0 Å². The Hall–Kier alpha value is -1.90. The number of carbonyl (C=O) groups is 1. The molecular formula is C9H9F3N2O4. The molecule has 18 heavy (non-hydrogen) atoms. The SMILES string of the molecule is O=C(O)c1cnc(CCOCC(F)(F)F)[nH]c1=O. The van der Waals surface area contributed by atoms with Crippen LogP contribution >= 0.6 is 0 Å². The first-order valence-corrected chi connectivity index (χ1v) is 4.75. The first-order valence-electron chi connectivity index (χ1n) is 4.75. The fraction of sp³-hybridized carbons (Fsp3) is 0.444. The van der Waals surface area contributed by atoms with Crippen LogP contribution in [0.5, 0.6) is 0 Å². The van der Waals surface area contributed by atoms with Crippen molar-refractivity contribution in [2.24, 2.45) is 0 Å². The van der Waals surface area contributed by atoms with Crippen molar-refractivity contribution in [3.63, 3.8) is 0 Å². The number of halogens is 3. The molecule has 1 aromatic rings. The molecule has 100 valence electrons. The maximum absolute atomic E-state index is 11.7. The molecule has 6 nitrogen and oxygen atoms in total. The summed E-state index contributed by atoms with van der Waals surface area (Å²) in [4.78, 5) is 27.4. The van der Waals surface area contributed by atoms with Crippen LogP contribution in [0.1, 0.15) is 16.2 Å². The number of nitrogens with one attached hydrogen (secondary N) is 1. The van der Waals surface area contributed by atoms with E-state index in [2.05, 4.69) is 14.7 Å². The molecule has 0 radical (unpaired) electrons. The lowest BCUT2D eigenvalue weighted by atomic mass is 10.3. The van der Waals surface area contributed by atoms with Gasteiger partial charge >= 0.3 is 12.1 Å². The Morgan fingerprint density at radius 1 is 1.50 bits per heavy atom. The number of carboxylic acids is 1. The van der Waals surface area contributed by atoms with Crippen molar-refractivity contribution in [1.82, 2.24) is 9.97 Å². The van der Waals surface area contributed by atoms with Gasteiger partial charge in [-0.2, -0.15) is 13.2 Å². The van der Waals surface area contributed by atoms with Crippen molar-refractivity contribution in [3.8, 4) is 0 Å². The summed E-state index contributed by atoms with van der Waals surface area (Å²) < 4.78 is 39.5. The number of aromatic carboxylic acids is 1. The Morgan fingerprint density at radius 3 is 2.67 bits per heavy atom. The summed E-state index contributed by atoms with van der Waals surface area (Å²) >= 11 is 0. The van der Waals surface area contributed by atoms with Gasteiger partial charge in [-0.05, 0) is 0 Å². The van der Waals surface area contributed by atoms with Gasteiger partial charge in [0.05, 0.1) is 6.61 Å². The minimum Gasteiger partial charge on any atom is -0.477 e. The number of carboxylic acid groups (broad SMARTS) is 1. The number of alkyl halides is 3. The van der Waals surface area contributed by atoms with E-state index in [9.17, 15) is 22.8 Å². The molecule has 9 heteroatoms. The van der Waals surface area contributed by atoms with Crippen molar-refractivity contribution in [3.05, 3.63) is 27.9 Å². The molecule has 2 N–H and O–H groups in total. The lowest BCUT2D eigenvalue weighted by molar-refractivity contribution is -0.173. The summed E-state index contributed by atoms with van der Waals surface area (Å²) in [7, 11) is 0. The van der Waals surface area contributed by atoms with Crippen molar-refractivity contribution >= 4 is 5.97 Å². The number of ether oxygens (including phenoxy) is 1. The van der Waals surface area contributed by atoms with Gasteiger partial charge in [-0.25, -0.2) is 9.78 Å². The molecule has 0 aromatic carbocycles. The van der Waals surface area contributed by atoms with E-state index < -0.39 is 29.9 Å². The Morgan fingerprint density at radius 2 is 2.17 bits per heavy atom. The Labute approximate surface area is 98.4 Å². The van der Waals surface area contributed by atoms with Crippen LogP contribution < -0.4 is 5.56 Å². The highest BCUT2D eigenvalue weighted by atomic mass is 19.4. The Balaban J connectivity index is 2.52. The molecule has 0 spiro atoms. The highest BCUT2D eigenvalue weighted by molar-refractivity contribution is 5.86. The van der Waals surface area contributed by atoms with Crippen molar-refractivity contribution < 1.29 is 27.8 Å². The van der Waals surface area contributed by atoms with E-state index in [-0.39, 0.29) is 18.9 Å². The monoisotopic (exact) mass is 266 g/mol. The molecule has 0 saturated carbocycles. The third kappa shape index (κ3) is 4.53. The van der Waals surface area contributed by atoms with Gasteiger partial charge in [-0.15, -0.1) is 0 Å². The molecule has 0 atom stereocenters. The van der Waals surface area contributed by atoms with E-state index in [1.807, 2.05) is 0 Å². The van der Waals surface area contributed by atoms with Gasteiger partial charge in [0, 0.05) is 12.6 Å². The third-order valence-electron chi connectivity index (χ3n) is 1.83. The summed E-state index contributed by atoms with van der Waals surface area (Å²) in [6.07, 6.45) is -3.61. The Bertz CT molecular complexity index is 483. The largest absolute Gasteiger partial charge is 0.477 e. The number of H-pyrrole nitrogens is 1. The second kappa shape index (κ2) is 5.63. The second-order valence-corrected chi connectivity index (χ2v) is 3.30. The number of nitrogens with zero attached hydrogens (tertiary/aromatic N) is 1. The highest BCUT2D eigenvalue weighted by Crippen LogP contribution is 2.14. The molecule has 0 aliphatic heterocycles. The average Bonchev–Trinajstić information content (AvgIpc) is 2.22. The molecule has 1 heterocycles. The summed E-state index contributed by atoms with van der Waals surface area (Å²) in [5.41, 5.74) is -1.39. The number of hydrogen-bond acceptors (Lipinski definition) is 4. The molecule has 0 saturated heterocycles. The zero-order valence-electron chi connectivity index (χ0n) is 8.95. The van der Waals surface area contributed by atoms with Crippen molar-refractivity contribution in [2.75, 3.05) is 13.2 Å². The minimum atomic E-state index is -4.41. The van der Waals surface area contributed by atoms with Crippen LogP contribution in [0.15, 0.2) is 11.0 Å². The number of aromatic amines is 1. The normalized spacial score (nSPS) is 11.5. The quantitative estimate of drug-likeness (QED) is 0.761. The maximum Gasteiger partial charge on any atom is 0.411 e. The van der Waals surface area contributed by atoms with Crippen LogP contribution in [0.2, 0.25) is 0 Å². The number of hydrogen-bond donors (Lipinski definition) is 2. The van der Waals surface area contributed by atoms with Gasteiger partial charge in [-0.1, -0.05) is 0 Å². The van der Waals surface area contributed by atoms with Gasteiger partial charge < -0.3 is 14.8 Å². The van der Waals surface area contributed by atoms with E-state index >= 15 is 0 Å². The van der Waals surface area contributed by atoms with Crippen LogP contribution in [-0.4, -0.2) is 40.4 Å². The summed E-state index contributed by atoms with van der Waals surface area (Å²) in [6.45, 7) is -1.67. The van der Waals surface area contributed by atoms with Gasteiger partial charge in [0.1, 0.15) is 18.0 Å². The lowest BCUT2D eigenvalue weighted by Gasteiger charge is -2.07. The minimum absolute atomic E-state index is 0.0504. The predicted molar refractivity (Wildman–Crippen MR) is 52.4 cm³/mol. The standard InChI is InChI=1S/C9H9F3N2O4/c10-9(11,12)4-18-2-1-6-13-3-5(8(16)17)7(15)14-6/h3H,1-2,4H2,(H,16,17)(H,13,14,15).